The predicted molar refractivity (Wildman–Crippen MR) is 70.0 cm³/mol. The van der Waals surface area contributed by atoms with Gasteiger partial charge in [0.15, 0.2) is 5.65 Å². The van der Waals surface area contributed by atoms with Gasteiger partial charge in [0.2, 0.25) is 0 Å². The predicted octanol–water partition coefficient (Wildman–Crippen LogP) is 0.987. The Morgan fingerprint density at radius 3 is 2.72 bits per heavy atom. The van der Waals surface area contributed by atoms with E-state index in [1.54, 1.807) is 18.4 Å². The molecule has 0 bridgehead atoms. The molecule has 0 atom stereocenters. The first-order valence-electron chi connectivity index (χ1n) is 5.30. The number of aromatic amines is 2. The summed E-state index contributed by atoms with van der Waals surface area (Å²) in [6.45, 7) is 1.97. The number of imidazole rings is 1. The van der Waals surface area contributed by atoms with Gasteiger partial charge in [-0.25, -0.2) is 9.78 Å². The van der Waals surface area contributed by atoms with Gasteiger partial charge in [-0.05, 0) is 17.9 Å². The van der Waals surface area contributed by atoms with Crippen LogP contribution in [0.4, 0.5) is 0 Å². The maximum absolute atomic E-state index is 11.7. The Kier molecular flexibility index (Phi) is 2.24. The molecule has 0 aliphatic carbocycles. The van der Waals surface area contributed by atoms with Crippen LogP contribution in [0.3, 0.4) is 0 Å². The van der Waals surface area contributed by atoms with Crippen molar-refractivity contribution in [1.82, 2.24) is 19.5 Å². The zero-order valence-electron chi connectivity index (χ0n) is 9.77. The van der Waals surface area contributed by atoms with Gasteiger partial charge < -0.3 is 4.98 Å². The van der Waals surface area contributed by atoms with E-state index in [-0.39, 0.29) is 0 Å². The van der Waals surface area contributed by atoms with Gasteiger partial charge in [-0.3, -0.25) is 14.3 Å². The topological polar surface area (TPSA) is 83.5 Å². The van der Waals surface area contributed by atoms with Gasteiger partial charge in [0.05, 0.1) is 0 Å². The molecular formula is C11H10N4O2S. The molecule has 0 fully saturated rings. The Morgan fingerprint density at radius 2 is 2.06 bits per heavy atom. The van der Waals surface area contributed by atoms with Gasteiger partial charge in [-0.15, -0.1) is 0 Å². The van der Waals surface area contributed by atoms with E-state index in [0.29, 0.717) is 17.0 Å². The number of hydrogen-bond acceptors (Lipinski definition) is 4. The Morgan fingerprint density at radius 1 is 1.28 bits per heavy atom. The van der Waals surface area contributed by atoms with Crippen molar-refractivity contribution in [1.29, 1.82) is 0 Å². The van der Waals surface area contributed by atoms with Crippen LogP contribution in [0.1, 0.15) is 5.56 Å². The molecule has 7 heteroatoms. The van der Waals surface area contributed by atoms with Crippen LogP contribution in [0.2, 0.25) is 0 Å². The monoisotopic (exact) mass is 262 g/mol. The first kappa shape index (κ1) is 11.0. The van der Waals surface area contributed by atoms with E-state index in [4.69, 9.17) is 0 Å². The molecule has 18 heavy (non-hydrogen) atoms. The number of nitrogens with one attached hydrogen (secondary N) is 2. The molecule has 0 aromatic carbocycles. The number of nitrogens with zero attached hydrogens (tertiary/aromatic N) is 2. The third kappa shape index (κ3) is 1.44. The number of hydrogen-bond donors (Lipinski definition) is 2. The minimum absolute atomic E-state index is 0.317. The Labute approximate surface area is 105 Å². The quantitative estimate of drug-likeness (QED) is 0.686. The molecule has 0 saturated heterocycles. The molecule has 2 N–H and O–H groups in total. The van der Waals surface area contributed by atoms with E-state index in [2.05, 4.69) is 15.0 Å². The summed E-state index contributed by atoms with van der Waals surface area (Å²) in [4.78, 5) is 32.7. The van der Waals surface area contributed by atoms with Crippen LogP contribution in [-0.4, -0.2) is 19.5 Å². The SMILES string of the molecule is Cc1cscc1-c1nc2c([nH]1)c(=O)[nH]c(=O)n2C. The normalized spacial score (nSPS) is 11.2. The van der Waals surface area contributed by atoms with Crippen LogP contribution >= 0.6 is 11.3 Å². The molecule has 0 amide bonds. The second-order valence-corrected chi connectivity index (χ2v) is 4.81. The van der Waals surface area contributed by atoms with Crippen LogP contribution in [0.15, 0.2) is 20.3 Å². The van der Waals surface area contributed by atoms with Crippen molar-refractivity contribution >= 4 is 22.5 Å². The highest BCUT2D eigenvalue weighted by molar-refractivity contribution is 7.08. The Hall–Kier alpha value is -2.15. The summed E-state index contributed by atoms with van der Waals surface area (Å²) in [6, 6.07) is 0. The molecule has 0 spiro atoms. The van der Waals surface area contributed by atoms with Crippen LogP contribution in [-0.2, 0) is 7.05 Å². The van der Waals surface area contributed by atoms with Gasteiger partial charge in [0.25, 0.3) is 5.56 Å². The summed E-state index contributed by atoms with van der Waals surface area (Å²) in [5, 5.41) is 3.96. The van der Waals surface area contributed by atoms with Crippen LogP contribution in [0, 0.1) is 6.92 Å². The number of aryl methyl sites for hydroxylation is 2. The number of thiophene rings is 1. The molecule has 3 aromatic rings. The lowest BCUT2D eigenvalue weighted by Gasteiger charge is -1.94. The summed E-state index contributed by atoms with van der Waals surface area (Å²) in [6.07, 6.45) is 0. The molecule has 3 aromatic heterocycles. The average Bonchev–Trinajstić information content (AvgIpc) is 2.92. The Bertz CT molecular complexity index is 852. The second kappa shape index (κ2) is 3.67. The molecule has 0 unspecified atom stereocenters. The maximum atomic E-state index is 11.7. The fourth-order valence-electron chi connectivity index (χ4n) is 1.84. The van der Waals surface area contributed by atoms with Gasteiger partial charge in [-0.2, -0.15) is 11.3 Å². The van der Waals surface area contributed by atoms with Gasteiger partial charge >= 0.3 is 5.69 Å². The van der Waals surface area contributed by atoms with E-state index in [1.165, 1.54) is 4.57 Å². The number of fused-ring (bicyclic) bond motifs is 1. The van der Waals surface area contributed by atoms with Crippen LogP contribution in [0.25, 0.3) is 22.6 Å². The maximum Gasteiger partial charge on any atom is 0.329 e. The highest BCUT2D eigenvalue weighted by Crippen LogP contribution is 2.25. The smallest absolute Gasteiger partial charge is 0.329 e. The number of aromatic nitrogens is 4. The summed E-state index contributed by atoms with van der Waals surface area (Å²) < 4.78 is 1.32. The van der Waals surface area contributed by atoms with E-state index in [9.17, 15) is 9.59 Å². The first-order chi connectivity index (χ1) is 8.58. The molecule has 6 nitrogen and oxygen atoms in total. The van der Waals surface area contributed by atoms with E-state index >= 15 is 0 Å². The van der Waals surface area contributed by atoms with E-state index in [0.717, 1.165) is 11.1 Å². The van der Waals surface area contributed by atoms with Crippen molar-refractivity contribution < 1.29 is 0 Å². The van der Waals surface area contributed by atoms with Gasteiger partial charge in [0.1, 0.15) is 11.3 Å². The van der Waals surface area contributed by atoms with E-state index in [1.807, 2.05) is 17.7 Å². The summed E-state index contributed by atoms with van der Waals surface area (Å²) in [7, 11) is 1.58. The fraction of sp³-hybridized carbons (Fsp3) is 0.182. The number of H-pyrrole nitrogens is 2. The summed E-state index contributed by atoms with van der Waals surface area (Å²) in [5.41, 5.74) is 1.80. The average molecular weight is 262 g/mol. The molecule has 3 heterocycles. The van der Waals surface area contributed by atoms with Crippen molar-refractivity contribution in [3.63, 3.8) is 0 Å². The lowest BCUT2D eigenvalue weighted by molar-refractivity contribution is 0.832. The number of rotatable bonds is 1. The summed E-state index contributed by atoms with van der Waals surface area (Å²) >= 11 is 1.57. The molecule has 0 radical (unpaired) electrons. The zero-order valence-corrected chi connectivity index (χ0v) is 10.6. The van der Waals surface area contributed by atoms with Crippen molar-refractivity contribution in [3.8, 4) is 11.4 Å². The molecule has 3 rings (SSSR count). The largest absolute Gasteiger partial charge is 0.332 e. The molecule has 0 aliphatic rings. The lowest BCUT2D eigenvalue weighted by Crippen LogP contribution is -2.28. The molecular weight excluding hydrogens is 252 g/mol. The second-order valence-electron chi connectivity index (χ2n) is 4.07. The highest BCUT2D eigenvalue weighted by atomic mass is 32.1. The van der Waals surface area contributed by atoms with Gasteiger partial charge in [0, 0.05) is 18.0 Å². The lowest BCUT2D eigenvalue weighted by atomic mass is 10.2. The van der Waals surface area contributed by atoms with Crippen molar-refractivity contribution in [2.45, 2.75) is 6.92 Å². The standard InChI is InChI=1S/C11H10N4O2S/c1-5-3-18-4-6(5)8-12-7-9(13-8)15(2)11(17)14-10(7)16/h3-4H,1-2H3,(H,12,13)(H,14,16,17). The third-order valence-corrected chi connectivity index (χ3v) is 3.73. The van der Waals surface area contributed by atoms with Crippen molar-refractivity contribution in [2.24, 2.45) is 7.05 Å². The molecule has 92 valence electrons. The molecule has 0 saturated carbocycles. The van der Waals surface area contributed by atoms with Gasteiger partial charge in [-0.1, -0.05) is 0 Å². The minimum Gasteiger partial charge on any atom is -0.332 e. The third-order valence-electron chi connectivity index (χ3n) is 2.87. The van der Waals surface area contributed by atoms with Crippen LogP contribution in [0.5, 0.6) is 0 Å². The first-order valence-corrected chi connectivity index (χ1v) is 6.24. The van der Waals surface area contributed by atoms with Crippen molar-refractivity contribution in [3.05, 3.63) is 37.2 Å². The zero-order chi connectivity index (χ0) is 12.9. The molecule has 0 aliphatic heterocycles. The Balaban J connectivity index is 2.40. The van der Waals surface area contributed by atoms with E-state index < -0.39 is 11.2 Å². The van der Waals surface area contributed by atoms with Crippen LogP contribution < -0.4 is 11.2 Å². The van der Waals surface area contributed by atoms with Crippen molar-refractivity contribution in [2.75, 3.05) is 0 Å². The minimum atomic E-state index is -0.465. The highest BCUT2D eigenvalue weighted by Gasteiger charge is 2.13. The summed E-state index contributed by atoms with van der Waals surface area (Å²) in [5.74, 6) is 0.607. The fourth-order valence-corrected chi connectivity index (χ4v) is 2.67.